The zero-order valence-electron chi connectivity index (χ0n) is 28.3. The molecule has 1 atom stereocenters. The van der Waals surface area contributed by atoms with E-state index < -0.39 is 0 Å². The van der Waals surface area contributed by atoms with Crippen LogP contribution in [0.5, 0.6) is 0 Å². The first-order chi connectivity index (χ1) is 25.9. The number of pyridine rings is 2. The molecule has 6 aromatic carbocycles. The molecule has 0 spiro atoms. The Morgan fingerprint density at radius 1 is 0.462 bits per heavy atom. The van der Waals surface area contributed by atoms with Crippen LogP contribution in [0.1, 0.15) is 17.5 Å². The number of allylic oxidation sites excluding steroid dienone is 4. The lowest BCUT2D eigenvalue weighted by atomic mass is 9.73. The van der Waals surface area contributed by atoms with Crippen LogP contribution in [0.25, 0.3) is 88.6 Å². The topological polar surface area (TPSA) is 25.8 Å². The SMILES string of the molecule is C1=CCC2C(=C1)C1=c3c(cccc3=C2c2ccc3c4c(cccc24)-c2c-3c(-c3ccccn3)c3ccccc3c2-c2ccccn2)-c2ccccc21. The van der Waals surface area contributed by atoms with E-state index in [1.165, 1.54) is 104 Å². The lowest BCUT2D eigenvalue weighted by Crippen LogP contribution is -2.37. The van der Waals surface area contributed by atoms with Crippen molar-refractivity contribution in [3.63, 3.8) is 0 Å². The first-order valence-corrected chi connectivity index (χ1v) is 18.2. The second kappa shape index (κ2) is 10.4. The van der Waals surface area contributed by atoms with Gasteiger partial charge in [0.1, 0.15) is 0 Å². The van der Waals surface area contributed by atoms with Crippen molar-refractivity contribution in [2.24, 2.45) is 5.92 Å². The van der Waals surface area contributed by atoms with Crippen LogP contribution in [0.3, 0.4) is 0 Å². The van der Waals surface area contributed by atoms with Gasteiger partial charge in [0.05, 0.1) is 11.4 Å². The molecule has 240 valence electrons. The van der Waals surface area contributed by atoms with Gasteiger partial charge >= 0.3 is 0 Å². The van der Waals surface area contributed by atoms with Crippen LogP contribution in [0.2, 0.25) is 0 Å². The molecule has 2 nitrogen and oxygen atoms in total. The lowest BCUT2D eigenvalue weighted by Gasteiger charge is -2.30. The third kappa shape index (κ3) is 3.58. The average molecular weight is 659 g/mol. The summed E-state index contributed by atoms with van der Waals surface area (Å²) in [5.74, 6) is 0.269. The van der Waals surface area contributed by atoms with Crippen molar-refractivity contribution in [3.8, 4) is 55.9 Å². The van der Waals surface area contributed by atoms with E-state index >= 15 is 0 Å². The van der Waals surface area contributed by atoms with Gasteiger partial charge in [-0.2, -0.15) is 0 Å². The molecule has 4 aliphatic carbocycles. The van der Waals surface area contributed by atoms with Crippen LogP contribution in [-0.2, 0) is 0 Å². The van der Waals surface area contributed by atoms with Crippen molar-refractivity contribution in [2.75, 3.05) is 0 Å². The largest absolute Gasteiger partial charge is 0.256 e. The van der Waals surface area contributed by atoms with Gasteiger partial charge in [0, 0.05) is 40.6 Å². The summed E-state index contributed by atoms with van der Waals surface area (Å²) in [5, 5.41) is 7.76. The molecule has 52 heavy (non-hydrogen) atoms. The quantitative estimate of drug-likeness (QED) is 0.189. The molecule has 2 aromatic heterocycles. The molecular formula is C50H30N2. The smallest absolute Gasteiger partial charge is 0.0714 e. The number of benzene rings is 6. The maximum Gasteiger partial charge on any atom is 0.0714 e. The Balaban J connectivity index is 1.23. The Morgan fingerprint density at radius 3 is 1.79 bits per heavy atom. The summed E-state index contributed by atoms with van der Waals surface area (Å²) in [6.45, 7) is 0. The minimum atomic E-state index is 0.269. The standard InChI is InChI=1S/C50H30N2/c1-2-14-30-29(13-1)31-19-11-21-38-43(32-15-3-4-16-34(32)45(30)46(31)38)37-25-26-40-44-33(37)20-12-22-39(44)49-47(41-23-7-9-27-51-41)35-17-5-6-18-36(35)48(50(40)49)42-24-8-10-28-52-42/h1-14,16-28,32H,15H2. The van der Waals surface area contributed by atoms with Crippen molar-refractivity contribution in [3.05, 3.63) is 191 Å². The molecule has 0 saturated carbocycles. The zero-order valence-corrected chi connectivity index (χ0v) is 28.3. The highest BCUT2D eigenvalue weighted by atomic mass is 14.7. The summed E-state index contributed by atoms with van der Waals surface area (Å²) in [5.41, 5.74) is 19.0. The normalized spacial score (nSPS) is 15.8. The highest BCUT2D eigenvalue weighted by Gasteiger charge is 2.36. The molecule has 2 heterocycles. The Morgan fingerprint density at radius 2 is 1.06 bits per heavy atom. The second-order valence-electron chi connectivity index (χ2n) is 14.3. The van der Waals surface area contributed by atoms with E-state index in [-0.39, 0.29) is 5.92 Å². The first-order valence-electron chi connectivity index (χ1n) is 18.2. The van der Waals surface area contributed by atoms with E-state index in [0.717, 1.165) is 17.8 Å². The van der Waals surface area contributed by atoms with E-state index in [4.69, 9.17) is 9.97 Å². The summed E-state index contributed by atoms with van der Waals surface area (Å²) in [7, 11) is 0. The van der Waals surface area contributed by atoms with Gasteiger partial charge in [-0.1, -0.05) is 127 Å². The summed E-state index contributed by atoms with van der Waals surface area (Å²) >= 11 is 0. The fraction of sp³-hybridized carbons (Fsp3) is 0.0400. The molecule has 0 aliphatic heterocycles. The van der Waals surface area contributed by atoms with E-state index in [9.17, 15) is 0 Å². The number of fused-ring (bicyclic) bond motifs is 9. The Hall–Kier alpha value is -6.64. The maximum atomic E-state index is 4.97. The fourth-order valence-electron chi connectivity index (χ4n) is 9.91. The molecule has 0 N–H and O–H groups in total. The van der Waals surface area contributed by atoms with Gasteiger partial charge in [-0.15, -0.1) is 0 Å². The molecule has 4 aliphatic rings. The Bertz CT molecular complexity index is 2980. The molecule has 2 heteroatoms. The summed E-state index contributed by atoms with van der Waals surface area (Å²) < 4.78 is 0. The minimum absolute atomic E-state index is 0.269. The van der Waals surface area contributed by atoms with E-state index in [2.05, 4.69) is 140 Å². The summed E-state index contributed by atoms with van der Waals surface area (Å²) in [6, 6.07) is 49.0. The predicted molar refractivity (Wildman–Crippen MR) is 214 cm³/mol. The number of hydrogen-bond donors (Lipinski definition) is 0. The van der Waals surface area contributed by atoms with Crippen LogP contribution in [0.4, 0.5) is 0 Å². The highest BCUT2D eigenvalue weighted by Crippen LogP contribution is 2.58. The number of rotatable bonds is 3. The lowest BCUT2D eigenvalue weighted by molar-refractivity contribution is 0.800. The molecule has 0 amide bonds. The molecular weight excluding hydrogens is 629 g/mol. The van der Waals surface area contributed by atoms with Crippen LogP contribution >= 0.6 is 0 Å². The molecule has 1 unspecified atom stereocenters. The fourth-order valence-corrected chi connectivity index (χ4v) is 9.91. The number of nitrogens with zero attached hydrogens (tertiary/aromatic N) is 2. The number of hydrogen-bond acceptors (Lipinski definition) is 2. The summed E-state index contributed by atoms with van der Waals surface area (Å²) in [4.78, 5) is 9.94. The minimum Gasteiger partial charge on any atom is -0.256 e. The van der Waals surface area contributed by atoms with Crippen molar-refractivity contribution in [1.29, 1.82) is 0 Å². The monoisotopic (exact) mass is 658 g/mol. The molecule has 12 rings (SSSR count). The van der Waals surface area contributed by atoms with Crippen molar-refractivity contribution >= 4 is 32.7 Å². The number of aromatic nitrogens is 2. The van der Waals surface area contributed by atoms with Gasteiger partial charge in [0.15, 0.2) is 0 Å². The first kappa shape index (κ1) is 28.1. The Kier molecular flexibility index (Phi) is 5.64. The van der Waals surface area contributed by atoms with E-state index in [1.54, 1.807) is 0 Å². The maximum absolute atomic E-state index is 4.97. The molecule has 0 fully saturated rings. The van der Waals surface area contributed by atoms with Crippen molar-refractivity contribution in [1.82, 2.24) is 9.97 Å². The second-order valence-corrected chi connectivity index (χ2v) is 14.3. The van der Waals surface area contributed by atoms with Gasteiger partial charge in [0.25, 0.3) is 0 Å². The van der Waals surface area contributed by atoms with E-state index in [1.807, 2.05) is 24.5 Å². The predicted octanol–water partition coefficient (Wildman–Crippen LogP) is 10.7. The van der Waals surface area contributed by atoms with Crippen LogP contribution in [-0.4, -0.2) is 9.97 Å². The molecule has 0 bridgehead atoms. The van der Waals surface area contributed by atoms with Gasteiger partial charge in [-0.25, -0.2) is 0 Å². The molecule has 8 aromatic rings. The van der Waals surface area contributed by atoms with Gasteiger partial charge in [-0.3, -0.25) is 9.97 Å². The highest BCUT2D eigenvalue weighted by molar-refractivity contribution is 6.28. The zero-order chi connectivity index (χ0) is 33.9. The third-order valence-corrected chi connectivity index (χ3v) is 11.8. The summed E-state index contributed by atoms with van der Waals surface area (Å²) in [6.07, 6.45) is 11.8. The van der Waals surface area contributed by atoms with Crippen LogP contribution in [0, 0.1) is 5.92 Å². The molecule has 0 saturated heterocycles. The van der Waals surface area contributed by atoms with Gasteiger partial charge in [0.2, 0.25) is 0 Å². The van der Waals surface area contributed by atoms with Crippen molar-refractivity contribution in [2.45, 2.75) is 6.42 Å². The van der Waals surface area contributed by atoms with Crippen LogP contribution < -0.4 is 10.4 Å². The van der Waals surface area contributed by atoms with Gasteiger partial charge in [-0.05, 0) is 113 Å². The average Bonchev–Trinajstić information content (AvgIpc) is 3.73. The van der Waals surface area contributed by atoms with E-state index in [0.29, 0.717) is 0 Å². The Labute approximate surface area is 301 Å². The molecule has 0 radical (unpaired) electrons. The van der Waals surface area contributed by atoms with Crippen LogP contribution in [0.15, 0.2) is 170 Å². The van der Waals surface area contributed by atoms with Crippen molar-refractivity contribution < 1.29 is 0 Å². The van der Waals surface area contributed by atoms with Gasteiger partial charge < -0.3 is 0 Å². The third-order valence-electron chi connectivity index (χ3n) is 11.8.